The first-order chi connectivity index (χ1) is 7.47. The first-order valence-corrected chi connectivity index (χ1v) is 5.28. The number of aryl methyl sites for hydroxylation is 1. The molecule has 0 radical (unpaired) electrons. The maximum atomic E-state index is 8.63. The highest BCUT2D eigenvalue weighted by Crippen LogP contribution is 2.19. The van der Waals surface area contributed by atoms with Crippen molar-refractivity contribution < 1.29 is 5.21 Å². The van der Waals surface area contributed by atoms with Crippen LogP contribution >= 0.6 is 0 Å². The van der Waals surface area contributed by atoms with E-state index >= 15 is 0 Å². The van der Waals surface area contributed by atoms with Gasteiger partial charge in [-0.3, -0.25) is 0 Å². The van der Waals surface area contributed by atoms with Gasteiger partial charge in [0.2, 0.25) is 0 Å². The number of nitrogens with zero attached hydrogens (tertiary/aromatic N) is 2. The Morgan fingerprint density at radius 2 is 2.06 bits per heavy atom. The van der Waals surface area contributed by atoms with E-state index in [9.17, 15) is 0 Å². The summed E-state index contributed by atoms with van der Waals surface area (Å²) in [7, 11) is 2.04. The molecule has 0 aliphatic carbocycles. The topological polar surface area (TPSA) is 61.8 Å². The average Bonchev–Trinajstić information content (AvgIpc) is 2.26. The number of benzene rings is 1. The number of amidine groups is 1. The van der Waals surface area contributed by atoms with E-state index in [2.05, 4.69) is 23.9 Å². The van der Waals surface area contributed by atoms with Crippen LogP contribution in [0.25, 0.3) is 0 Å². The van der Waals surface area contributed by atoms with Crippen LogP contribution in [0.3, 0.4) is 0 Å². The van der Waals surface area contributed by atoms with Gasteiger partial charge in [0.25, 0.3) is 0 Å². The lowest BCUT2D eigenvalue weighted by atomic mass is 10.1. The Bertz CT molecular complexity index is 399. The van der Waals surface area contributed by atoms with E-state index in [1.54, 1.807) is 0 Å². The number of oxime groups is 1. The Labute approximate surface area is 96.4 Å². The second kappa shape index (κ2) is 4.88. The van der Waals surface area contributed by atoms with Crippen LogP contribution in [-0.2, 0) is 0 Å². The molecule has 0 heterocycles. The van der Waals surface area contributed by atoms with Gasteiger partial charge in [-0.25, -0.2) is 0 Å². The summed E-state index contributed by atoms with van der Waals surface area (Å²) in [6, 6.07) is 6.32. The monoisotopic (exact) mass is 221 g/mol. The summed E-state index contributed by atoms with van der Waals surface area (Å²) in [5.74, 6) is 0.149. The largest absolute Gasteiger partial charge is 0.409 e. The van der Waals surface area contributed by atoms with E-state index in [4.69, 9.17) is 10.9 Å². The Morgan fingerprint density at radius 3 is 2.50 bits per heavy atom. The van der Waals surface area contributed by atoms with Crippen molar-refractivity contribution in [3.63, 3.8) is 0 Å². The summed E-state index contributed by atoms with van der Waals surface area (Å²) >= 11 is 0. The third kappa shape index (κ3) is 2.45. The molecule has 3 N–H and O–H groups in total. The molecular formula is C12H19N3O. The third-order valence-corrected chi connectivity index (χ3v) is 2.78. The molecule has 4 nitrogen and oxygen atoms in total. The first-order valence-electron chi connectivity index (χ1n) is 5.28. The molecule has 88 valence electrons. The van der Waals surface area contributed by atoms with E-state index in [0.717, 1.165) is 16.8 Å². The Morgan fingerprint density at radius 1 is 1.44 bits per heavy atom. The van der Waals surface area contributed by atoms with Crippen LogP contribution < -0.4 is 10.6 Å². The molecular weight excluding hydrogens is 202 g/mol. The molecule has 0 bridgehead atoms. The van der Waals surface area contributed by atoms with Crippen LogP contribution in [0.1, 0.15) is 25.0 Å². The fourth-order valence-corrected chi connectivity index (χ4v) is 1.51. The summed E-state index contributed by atoms with van der Waals surface area (Å²) < 4.78 is 0. The highest BCUT2D eigenvalue weighted by Gasteiger charge is 2.08. The summed E-state index contributed by atoms with van der Waals surface area (Å²) in [6.07, 6.45) is 0. The number of rotatable bonds is 3. The van der Waals surface area contributed by atoms with Gasteiger partial charge in [0, 0.05) is 24.3 Å². The maximum absolute atomic E-state index is 8.63. The molecule has 0 unspecified atom stereocenters. The number of anilines is 1. The van der Waals surface area contributed by atoms with Crippen molar-refractivity contribution in [3.05, 3.63) is 29.3 Å². The van der Waals surface area contributed by atoms with E-state index < -0.39 is 0 Å². The molecule has 0 aliphatic heterocycles. The van der Waals surface area contributed by atoms with Gasteiger partial charge in [0.15, 0.2) is 5.84 Å². The quantitative estimate of drug-likeness (QED) is 0.355. The van der Waals surface area contributed by atoms with Crippen LogP contribution in [0.2, 0.25) is 0 Å². The molecule has 0 saturated heterocycles. The fourth-order valence-electron chi connectivity index (χ4n) is 1.51. The number of hydrogen-bond acceptors (Lipinski definition) is 3. The molecule has 0 fully saturated rings. The molecule has 0 aliphatic rings. The predicted molar refractivity (Wildman–Crippen MR) is 67.2 cm³/mol. The molecule has 4 heteroatoms. The van der Waals surface area contributed by atoms with Gasteiger partial charge in [-0.15, -0.1) is 0 Å². The van der Waals surface area contributed by atoms with Crippen LogP contribution in [0, 0.1) is 6.92 Å². The average molecular weight is 221 g/mol. The van der Waals surface area contributed by atoms with E-state index in [0.29, 0.717) is 6.04 Å². The highest BCUT2D eigenvalue weighted by atomic mass is 16.4. The standard InChI is InChI=1S/C12H19N3O/c1-8(2)15(4)10-5-6-11(9(3)7-10)12(13)14-16/h5-8,16H,1-4H3,(H2,13,14). The second-order valence-corrected chi connectivity index (χ2v) is 4.19. The van der Waals surface area contributed by atoms with Crippen molar-refractivity contribution in [2.75, 3.05) is 11.9 Å². The minimum atomic E-state index is 0.149. The summed E-state index contributed by atoms with van der Waals surface area (Å²) in [4.78, 5) is 2.17. The van der Waals surface area contributed by atoms with Crippen LogP contribution in [0.4, 0.5) is 5.69 Å². The summed E-state index contributed by atoms with van der Waals surface area (Å²) in [6.45, 7) is 6.21. The molecule has 16 heavy (non-hydrogen) atoms. The molecule has 1 rings (SSSR count). The molecule has 0 atom stereocenters. The van der Waals surface area contributed by atoms with Crippen LogP contribution in [0.15, 0.2) is 23.4 Å². The summed E-state index contributed by atoms with van der Waals surface area (Å²) in [5, 5.41) is 11.6. The van der Waals surface area contributed by atoms with Crippen molar-refractivity contribution in [2.45, 2.75) is 26.8 Å². The molecule has 1 aromatic rings. The molecule has 0 aromatic heterocycles. The van der Waals surface area contributed by atoms with Gasteiger partial charge < -0.3 is 15.8 Å². The van der Waals surface area contributed by atoms with Crippen molar-refractivity contribution >= 4 is 11.5 Å². The van der Waals surface area contributed by atoms with Crippen molar-refractivity contribution in [1.82, 2.24) is 0 Å². The Hall–Kier alpha value is -1.71. The van der Waals surface area contributed by atoms with E-state index in [1.807, 2.05) is 32.2 Å². The zero-order valence-corrected chi connectivity index (χ0v) is 10.2. The Kier molecular flexibility index (Phi) is 3.77. The van der Waals surface area contributed by atoms with Crippen molar-refractivity contribution in [3.8, 4) is 0 Å². The second-order valence-electron chi connectivity index (χ2n) is 4.19. The van der Waals surface area contributed by atoms with Crippen LogP contribution in [-0.4, -0.2) is 24.1 Å². The van der Waals surface area contributed by atoms with Gasteiger partial charge in [-0.05, 0) is 44.5 Å². The van der Waals surface area contributed by atoms with Gasteiger partial charge >= 0.3 is 0 Å². The normalized spacial score (nSPS) is 11.9. The first kappa shape index (κ1) is 12.4. The smallest absolute Gasteiger partial charge is 0.170 e. The summed E-state index contributed by atoms with van der Waals surface area (Å²) in [5.41, 5.74) is 8.46. The van der Waals surface area contributed by atoms with Crippen LogP contribution in [0.5, 0.6) is 0 Å². The zero-order valence-electron chi connectivity index (χ0n) is 10.2. The van der Waals surface area contributed by atoms with Gasteiger partial charge in [-0.1, -0.05) is 5.16 Å². The highest BCUT2D eigenvalue weighted by molar-refractivity contribution is 5.98. The minimum Gasteiger partial charge on any atom is -0.409 e. The molecule has 0 amide bonds. The van der Waals surface area contributed by atoms with Gasteiger partial charge in [-0.2, -0.15) is 0 Å². The maximum Gasteiger partial charge on any atom is 0.170 e. The fraction of sp³-hybridized carbons (Fsp3) is 0.417. The van der Waals surface area contributed by atoms with Gasteiger partial charge in [0.05, 0.1) is 0 Å². The lowest BCUT2D eigenvalue weighted by molar-refractivity contribution is 0.318. The van der Waals surface area contributed by atoms with E-state index in [-0.39, 0.29) is 5.84 Å². The SMILES string of the molecule is Cc1cc(N(C)C(C)C)ccc1/C(N)=N/O. The molecule has 0 saturated carbocycles. The third-order valence-electron chi connectivity index (χ3n) is 2.78. The molecule has 1 aromatic carbocycles. The van der Waals surface area contributed by atoms with Crippen molar-refractivity contribution in [1.29, 1.82) is 0 Å². The molecule has 0 spiro atoms. The minimum absolute atomic E-state index is 0.149. The van der Waals surface area contributed by atoms with Crippen molar-refractivity contribution in [2.24, 2.45) is 10.9 Å². The lowest BCUT2D eigenvalue weighted by Gasteiger charge is -2.24. The lowest BCUT2D eigenvalue weighted by Crippen LogP contribution is -2.26. The van der Waals surface area contributed by atoms with E-state index in [1.165, 1.54) is 0 Å². The van der Waals surface area contributed by atoms with Gasteiger partial charge in [0.1, 0.15) is 0 Å². The zero-order chi connectivity index (χ0) is 12.3. The Balaban J connectivity index is 3.09. The number of nitrogens with two attached hydrogens (primary N) is 1. The number of hydrogen-bond donors (Lipinski definition) is 2. The predicted octanol–water partition coefficient (Wildman–Crippen LogP) is 1.93.